The molecule has 4 rings (SSSR count). The maximum atomic E-state index is 12.7. The summed E-state index contributed by atoms with van der Waals surface area (Å²) in [4.78, 5) is 46.0. The Morgan fingerprint density at radius 1 is 1.25 bits per heavy atom. The van der Waals surface area contributed by atoms with Crippen molar-refractivity contribution in [2.75, 3.05) is 38.0 Å². The van der Waals surface area contributed by atoms with Crippen molar-refractivity contribution in [2.45, 2.75) is 63.6 Å². The highest BCUT2D eigenvalue weighted by atomic mass is 16.2. The fraction of sp³-hybridized carbons (Fsp3) is 0.652. The van der Waals surface area contributed by atoms with Crippen LogP contribution in [-0.2, 0) is 9.59 Å². The summed E-state index contributed by atoms with van der Waals surface area (Å²) < 4.78 is 0. The topological polar surface area (TPSA) is 107 Å². The highest BCUT2D eigenvalue weighted by molar-refractivity contribution is 6.01. The maximum Gasteiger partial charge on any atom is 0.256 e. The fourth-order valence-corrected chi connectivity index (χ4v) is 4.93. The normalized spacial score (nSPS) is 26.2. The molecule has 0 saturated carbocycles. The summed E-state index contributed by atoms with van der Waals surface area (Å²) in [6.45, 7) is 5.48. The maximum absolute atomic E-state index is 12.7. The Morgan fingerprint density at radius 3 is 2.97 bits per heavy atom. The highest BCUT2D eigenvalue weighted by Crippen LogP contribution is 2.30. The first-order valence-electron chi connectivity index (χ1n) is 11.8. The van der Waals surface area contributed by atoms with Crippen LogP contribution in [0.3, 0.4) is 0 Å². The third-order valence-electron chi connectivity index (χ3n) is 6.91. The summed E-state index contributed by atoms with van der Waals surface area (Å²) in [5, 5.41) is 9.31. The number of carbonyl (C=O) groups is 3. The molecule has 2 atom stereocenters. The number of nitrogens with zero attached hydrogens (tertiary/aromatic N) is 3. The molecule has 2 fully saturated rings. The lowest BCUT2D eigenvalue weighted by Crippen LogP contribution is -2.58. The number of piperidine rings is 1. The van der Waals surface area contributed by atoms with Gasteiger partial charge in [0.15, 0.2) is 0 Å². The first kappa shape index (κ1) is 22.5. The molecule has 2 unspecified atom stereocenters. The van der Waals surface area contributed by atoms with Crippen LogP contribution in [0.2, 0.25) is 0 Å². The van der Waals surface area contributed by atoms with E-state index in [0.29, 0.717) is 43.4 Å². The Kier molecular flexibility index (Phi) is 6.93. The van der Waals surface area contributed by atoms with Crippen molar-refractivity contribution in [1.29, 1.82) is 0 Å². The molecule has 1 aromatic rings. The van der Waals surface area contributed by atoms with Gasteiger partial charge in [0.05, 0.1) is 12.1 Å². The van der Waals surface area contributed by atoms with Gasteiger partial charge in [0.25, 0.3) is 5.91 Å². The quantitative estimate of drug-likeness (QED) is 0.574. The third kappa shape index (κ3) is 5.20. The standard InChI is InChI=1S/C23H34N6O3/c1-17-6-2-3-13-28(17)14-5-12-24-19(30)16-29-15-10-23(9-8-20(29)31)26-21-18(22(32)27-23)7-4-11-25-21/h4,7,11,17H,2-3,5-6,8-10,12-16H2,1H3,(H,24,30)(H,25,26)(H,27,32). The molecule has 9 heteroatoms. The minimum atomic E-state index is -0.718. The molecule has 4 heterocycles. The van der Waals surface area contributed by atoms with Gasteiger partial charge in [0, 0.05) is 44.7 Å². The van der Waals surface area contributed by atoms with Gasteiger partial charge in [-0.2, -0.15) is 0 Å². The number of aromatic nitrogens is 1. The van der Waals surface area contributed by atoms with Crippen molar-refractivity contribution in [2.24, 2.45) is 0 Å². The van der Waals surface area contributed by atoms with Gasteiger partial charge in [-0.1, -0.05) is 6.42 Å². The van der Waals surface area contributed by atoms with Crippen molar-refractivity contribution >= 4 is 23.5 Å². The smallest absolute Gasteiger partial charge is 0.256 e. The number of likely N-dealkylation sites (tertiary alicyclic amines) is 2. The zero-order valence-electron chi connectivity index (χ0n) is 18.9. The van der Waals surface area contributed by atoms with Crippen molar-refractivity contribution in [1.82, 2.24) is 25.4 Å². The van der Waals surface area contributed by atoms with Crippen LogP contribution in [0.4, 0.5) is 5.82 Å². The fourth-order valence-electron chi connectivity index (χ4n) is 4.93. The van der Waals surface area contributed by atoms with E-state index in [2.05, 4.69) is 32.8 Å². The lowest BCUT2D eigenvalue weighted by Gasteiger charge is -2.39. The number of carbonyl (C=O) groups excluding carboxylic acids is 3. The Balaban J connectivity index is 1.25. The number of hydrogen-bond donors (Lipinski definition) is 3. The first-order chi connectivity index (χ1) is 15.5. The van der Waals surface area contributed by atoms with E-state index in [1.54, 1.807) is 23.2 Å². The molecule has 174 valence electrons. The second kappa shape index (κ2) is 9.85. The van der Waals surface area contributed by atoms with Crippen LogP contribution >= 0.6 is 0 Å². The molecule has 9 nitrogen and oxygen atoms in total. The van der Waals surface area contributed by atoms with E-state index >= 15 is 0 Å². The molecule has 0 bridgehead atoms. The van der Waals surface area contributed by atoms with Crippen LogP contribution < -0.4 is 16.0 Å². The van der Waals surface area contributed by atoms with E-state index in [0.717, 1.165) is 19.5 Å². The van der Waals surface area contributed by atoms with E-state index < -0.39 is 5.66 Å². The SMILES string of the molecule is CC1CCCCN1CCCNC(=O)CN1CCC2(CCC1=O)NC(=O)c1cccnc1N2. The van der Waals surface area contributed by atoms with E-state index in [9.17, 15) is 14.4 Å². The van der Waals surface area contributed by atoms with E-state index in [-0.39, 0.29) is 30.7 Å². The number of nitrogens with one attached hydrogen (secondary N) is 3. The molecule has 3 N–H and O–H groups in total. The summed E-state index contributed by atoms with van der Waals surface area (Å²) in [5.74, 6) is 0.155. The summed E-state index contributed by atoms with van der Waals surface area (Å²) in [5.41, 5.74) is -0.214. The Labute approximate surface area is 189 Å². The lowest BCUT2D eigenvalue weighted by molar-refractivity contribution is -0.135. The molecule has 2 saturated heterocycles. The summed E-state index contributed by atoms with van der Waals surface area (Å²) >= 11 is 0. The Hall–Kier alpha value is -2.68. The zero-order valence-corrected chi connectivity index (χ0v) is 18.9. The largest absolute Gasteiger partial charge is 0.355 e. The van der Waals surface area contributed by atoms with Gasteiger partial charge in [-0.25, -0.2) is 4.98 Å². The first-order valence-corrected chi connectivity index (χ1v) is 11.8. The molecule has 3 amide bonds. The van der Waals surface area contributed by atoms with Crippen LogP contribution in [0.15, 0.2) is 18.3 Å². The molecular weight excluding hydrogens is 408 g/mol. The van der Waals surface area contributed by atoms with Crippen molar-refractivity contribution in [3.05, 3.63) is 23.9 Å². The average Bonchev–Trinajstić information content (AvgIpc) is 2.92. The number of amides is 3. The molecule has 0 radical (unpaired) electrons. The summed E-state index contributed by atoms with van der Waals surface area (Å²) in [7, 11) is 0. The van der Waals surface area contributed by atoms with Crippen LogP contribution in [0.5, 0.6) is 0 Å². The second-order valence-electron chi connectivity index (χ2n) is 9.21. The molecule has 1 spiro atoms. The summed E-state index contributed by atoms with van der Waals surface area (Å²) in [6, 6.07) is 4.07. The monoisotopic (exact) mass is 442 g/mol. The van der Waals surface area contributed by atoms with Gasteiger partial charge in [-0.05, 0) is 51.3 Å². The number of fused-ring (bicyclic) bond motifs is 1. The van der Waals surface area contributed by atoms with Crippen LogP contribution in [0.1, 0.15) is 62.2 Å². The van der Waals surface area contributed by atoms with Crippen molar-refractivity contribution in [3.8, 4) is 0 Å². The van der Waals surface area contributed by atoms with Gasteiger partial charge in [-0.3, -0.25) is 14.4 Å². The average molecular weight is 443 g/mol. The molecule has 0 aromatic carbocycles. The van der Waals surface area contributed by atoms with Gasteiger partial charge in [-0.15, -0.1) is 0 Å². The number of pyridine rings is 1. The minimum Gasteiger partial charge on any atom is -0.355 e. The minimum absolute atomic E-state index is 0.0534. The highest BCUT2D eigenvalue weighted by Gasteiger charge is 2.41. The molecular formula is C23H34N6O3. The van der Waals surface area contributed by atoms with E-state index in [1.807, 2.05) is 0 Å². The second-order valence-corrected chi connectivity index (χ2v) is 9.21. The number of rotatable bonds is 6. The predicted molar refractivity (Wildman–Crippen MR) is 121 cm³/mol. The van der Waals surface area contributed by atoms with Gasteiger partial charge in [0.2, 0.25) is 11.8 Å². The zero-order chi connectivity index (χ0) is 22.6. The van der Waals surface area contributed by atoms with E-state index in [4.69, 9.17) is 0 Å². The third-order valence-corrected chi connectivity index (χ3v) is 6.91. The van der Waals surface area contributed by atoms with Crippen LogP contribution in [0, 0.1) is 0 Å². The van der Waals surface area contributed by atoms with Crippen molar-refractivity contribution < 1.29 is 14.4 Å². The number of hydrogen-bond acceptors (Lipinski definition) is 6. The Bertz CT molecular complexity index is 862. The molecule has 0 aliphatic carbocycles. The molecule has 3 aliphatic heterocycles. The van der Waals surface area contributed by atoms with Crippen LogP contribution in [-0.4, -0.2) is 76.9 Å². The van der Waals surface area contributed by atoms with Crippen molar-refractivity contribution in [3.63, 3.8) is 0 Å². The van der Waals surface area contributed by atoms with Crippen LogP contribution in [0.25, 0.3) is 0 Å². The summed E-state index contributed by atoms with van der Waals surface area (Å²) in [6.07, 6.45) is 7.60. The Morgan fingerprint density at radius 2 is 2.12 bits per heavy atom. The van der Waals surface area contributed by atoms with Gasteiger partial charge in [0.1, 0.15) is 11.5 Å². The molecule has 3 aliphatic rings. The number of anilines is 1. The molecule has 1 aromatic heterocycles. The lowest BCUT2D eigenvalue weighted by atomic mass is 9.97. The van der Waals surface area contributed by atoms with E-state index in [1.165, 1.54) is 19.3 Å². The van der Waals surface area contributed by atoms with Gasteiger partial charge < -0.3 is 25.8 Å². The van der Waals surface area contributed by atoms with Gasteiger partial charge >= 0.3 is 0 Å². The molecule has 32 heavy (non-hydrogen) atoms. The predicted octanol–water partition coefficient (Wildman–Crippen LogP) is 1.33.